The Labute approximate surface area is 237 Å². The number of nitrogen functional groups attached to an aromatic ring is 1. The third-order valence-corrected chi connectivity index (χ3v) is 8.41. The van der Waals surface area contributed by atoms with Crippen LogP contribution in [0, 0.1) is 5.41 Å². The monoisotopic (exact) mass is 608 g/mol. The molecule has 4 aromatic rings. The van der Waals surface area contributed by atoms with Gasteiger partial charge in [0, 0.05) is 40.6 Å². The second kappa shape index (κ2) is 12.8. The summed E-state index contributed by atoms with van der Waals surface area (Å²) >= 11 is 3.31. The highest BCUT2D eigenvalue weighted by Gasteiger charge is 2.19. The standard InChI is InChI=1S/C29H29BrN4O4S/c1-37-27-19-24(15-16-26(27)38-20-21-7-3-2-4-8-21)34(23-13-11-22(12-14-23)29(31)32)18-17-33-39(35,36)28-10-6-5-9-25(28)30/h2-16,19,33H,17-18,20H2,1H3,(H3,31,32). The number of hydrogen-bond acceptors (Lipinski definition) is 6. The van der Waals surface area contributed by atoms with E-state index in [1.165, 1.54) is 0 Å². The first-order valence-electron chi connectivity index (χ1n) is 12.1. The second-order valence-electron chi connectivity index (χ2n) is 8.55. The Kier molecular flexibility index (Phi) is 9.23. The minimum atomic E-state index is -3.74. The Morgan fingerprint density at radius 1 is 0.923 bits per heavy atom. The van der Waals surface area contributed by atoms with Crippen LogP contribution in [-0.2, 0) is 16.6 Å². The van der Waals surface area contributed by atoms with Gasteiger partial charge in [-0.2, -0.15) is 0 Å². The lowest BCUT2D eigenvalue weighted by atomic mass is 10.1. The number of nitrogens with two attached hydrogens (primary N) is 1. The second-order valence-corrected chi connectivity index (χ2v) is 11.1. The number of sulfonamides is 1. The third-order valence-electron chi connectivity index (χ3n) is 5.94. The molecule has 0 radical (unpaired) electrons. The lowest BCUT2D eigenvalue weighted by molar-refractivity contribution is 0.284. The summed E-state index contributed by atoms with van der Waals surface area (Å²) in [6, 6.07) is 29.3. The predicted molar refractivity (Wildman–Crippen MR) is 158 cm³/mol. The van der Waals surface area contributed by atoms with Gasteiger partial charge >= 0.3 is 0 Å². The highest BCUT2D eigenvalue weighted by Crippen LogP contribution is 2.35. The van der Waals surface area contributed by atoms with Gasteiger partial charge in [-0.3, -0.25) is 5.41 Å². The number of amidine groups is 1. The number of anilines is 2. The topological polar surface area (TPSA) is 118 Å². The lowest BCUT2D eigenvalue weighted by Gasteiger charge is -2.26. The fraction of sp³-hybridized carbons (Fsp3) is 0.138. The molecule has 0 aliphatic heterocycles. The maximum Gasteiger partial charge on any atom is 0.241 e. The highest BCUT2D eigenvalue weighted by atomic mass is 79.9. The van der Waals surface area contributed by atoms with Gasteiger partial charge in [0.15, 0.2) is 11.5 Å². The van der Waals surface area contributed by atoms with Crippen LogP contribution in [0.3, 0.4) is 0 Å². The first kappa shape index (κ1) is 28.2. The first-order valence-corrected chi connectivity index (χ1v) is 14.4. The van der Waals surface area contributed by atoms with E-state index in [2.05, 4.69) is 20.7 Å². The number of rotatable bonds is 12. The summed E-state index contributed by atoms with van der Waals surface area (Å²) in [5.74, 6) is 1.10. The third kappa shape index (κ3) is 7.17. The van der Waals surface area contributed by atoms with Crippen LogP contribution in [0.5, 0.6) is 11.5 Å². The smallest absolute Gasteiger partial charge is 0.241 e. The number of hydrogen-bond donors (Lipinski definition) is 3. The van der Waals surface area contributed by atoms with Gasteiger partial charge in [0.05, 0.1) is 12.0 Å². The van der Waals surface area contributed by atoms with Crippen molar-refractivity contribution < 1.29 is 17.9 Å². The van der Waals surface area contributed by atoms with Crippen LogP contribution in [0.2, 0.25) is 0 Å². The molecule has 0 saturated carbocycles. The molecular formula is C29H29BrN4O4S. The molecular weight excluding hydrogens is 580 g/mol. The van der Waals surface area contributed by atoms with Gasteiger partial charge in [0.25, 0.3) is 0 Å². The number of nitrogens with one attached hydrogen (secondary N) is 2. The summed E-state index contributed by atoms with van der Waals surface area (Å²) < 4.78 is 40.7. The fourth-order valence-electron chi connectivity index (χ4n) is 3.94. The molecule has 0 heterocycles. The number of methoxy groups -OCH3 is 1. The minimum absolute atomic E-state index is 0.0316. The molecule has 8 nitrogen and oxygen atoms in total. The van der Waals surface area contributed by atoms with Crippen molar-refractivity contribution in [1.29, 1.82) is 5.41 Å². The van der Waals surface area contributed by atoms with Crippen molar-refractivity contribution in [3.63, 3.8) is 0 Å². The van der Waals surface area contributed by atoms with Crippen LogP contribution in [0.25, 0.3) is 0 Å². The van der Waals surface area contributed by atoms with Gasteiger partial charge in [0.2, 0.25) is 10.0 Å². The van der Waals surface area contributed by atoms with Crippen molar-refractivity contribution in [3.05, 3.63) is 113 Å². The largest absolute Gasteiger partial charge is 0.493 e. The van der Waals surface area contributed by atoms with Crippen LogP contribution in [-0.4, -0.2) is 34.5 Å². The molecule has 0 aliphatic carbocycles. The van der Waals surface area contributed by atoms with Crippen LogP contribution >= 0.6 is 15.9 Å². The Hall–Kier alpha value is -3.86. The van der Waals surface area contributed by atoms with Crippen LogP contribution in [0.1, 0.15) is 11.1 Å². The zero-order chi connectivity index (χ0) is 27.8. The van der Waals surface area contributed by atoms with Gasteiger partial charge in [0.1, 0.15) is 12.4 Å². The molecule has 4 aromatic carbocycles. The van der Waals surface area contributed by atoms with E-state index in [-0.39, 0.29) is 17.3 Å². The Balaban J connectivity index is 1.58. The van der Waals surface area contributed by atoms with Crippen LogP contribution in [0.4, 0.5) is 11.4 Å². The van der Waals surface area contributed by atoms with E-state index >= 15 is 0 Å². The molecule has 0 aromatic heterocycles. The van der Waals surface area contributed by atoms with Crippen molar-refractivity contribution >= 4 is 43.2 Å². The SMILES string of the molecule is COc1cc(N(CCNS(=O)(=O)c2ccccc2Br)c2ccc(C(=N)N)cc2)ccc1OCc1ccccc1. The number of halogens is 1. The molecule has 10 heteroatoms. The van der Waals surface area contributed by atoms with Crippen LogP contribution < -0.4 is 24.8 Å². The molecule has 0 fully saturated rings. The van der Waals surface area contributed by atoms with E-state index in [9.17, 15) is 8.42 Å². The van der Waals surface area contributed by atoms with E-state index in [1.807, 2.05) is 65.6 Å². The molecule has 0 bridgehead atoms. The molecule has 202 valence electrons. The molecule has 0 atom stereocenters. The minimum Gasteiger partial charge on any atom is -0.493 e. The lowest BCUT2D eigenvalue weighted by Crippen LogP contribution is -2.33. The molecule has 0 aliphatic rings. The summed E-state index contributed by atoms with van der Waals surface area (Å²) in [5, 5.41) is 7.69. The summed E-state index contributed by atoms with van der Waals surface area (Å²) in [4.78, 5) is 2.12. The van der Waals surface area contributed by atoms with Crippen molar-refractivity contribution in [1.82, 2.24) is 4.72 Å². The fourth-order valence-corrected chi connectivity index (χ4v) is 5.96. The van der Waals surface area contributed by atoms with Crippen LogP contribution in [0.15, 0.2) is 106 Å². The summed E-state index contributed by atoms with van der Waals surface area (Å²) in [6.07, 6.45) is 0. The summed E-state index contributed by atoms with van der Waals surface area (Å²) in [6.45, 7) is 0.840. The predicted octanol–water partition coefficient (Wildman–Crippen LogP) is 5.44. The zero-order valence-electron chi connectivity index (χ0n) is 21.3. The van der Waals surface area contributed by atoms with E-state index in [4.69, 9.17) is 20.6 Å². The Bertz CT molecular complexity index is 1530. The average Bonchev–Trinajstić information content (AvgIpc) is 2.95. The summed E-state index contributed by atoms with van der Waals surface area (Å²) in [7, 11) is -2.16. The molecule has 0 unspecified atom stereocenters. The quantitative estimate of drug-likeness (QED) is 0.146. The van der Waals surface area contributed by atoms with E-state index < -0.39 is 10.0 Å². The number of nitrogens with zero attached hydrogens (tertiary/aromatic N) is 1. The maximum absolute atomic E-state index is 12.9. The molecule has 4 rings (SSSR count). The summed E-state index contributed by atoms with van der Waals surface area (Å²) in [5.41, 5.74) is 8.82. The van der Waals surface area contributed by atoms with Gasteiger partial charge in [-0.25, -0.2) is 13.1 Å². The van der Waals surface area contributed by atoms with Gasteiger partial charge in [-0.05, 0) is 70.0 Å². The Morgan fingerprint density at radius 3 is 2.26 bits per heavy atom. The molecule has 39 heavy (non-hydrogen) atoms. The van der Waals surface area contributed by atoms with E-state index in [0.29, 0.717) is 34.7 Å². The van der Waals surface area contributed by atoms with E-state index in [1.54, 1.807) is 43.5 Å². The molecule has 0 saturated heterocycles. The van der Waals surface area contributed by atoms with Crippen molar-refractivity contribution in [3.8, 4) is 11.5 Å². The highest BCUT2D eigenvalue weighted by molar-refractivity contribution is 9.10. The number of ether oxygens (including phenoxy) is 2. The first-order chi connectivity index (χ1) is 18.8. The van der Waals surface area contributed by atoms with Gasteiger partial charge in [-0.15, -0.1) is 0 Å². The Morgan fingerprint density at radius 2 is 1.59 bits per heavy atom. The molecule has 0 amide bonds. The molecule has 0 spiro atoms. The van der Waals surface area contributed by atoms with Crippen molar-refractivity contribution in [2.45, 2.75) is 11.5 Å². The van der Waals surface area contributed by atoms with Gasteiger partial charge < -0.3 is 20.1 Å². The van der Waals surface area contributed by atoms with Gasteiger partial charge in [-0.1, -0.05) is 42.5 Å². The normalized spacial score (nSPS) is 11.1. The maximum atomic E-state index is 12.9. The number of benzene rings is 4. The zero-order valence-corrected chi connectivity index (χ0v) is 23.7. The van der Waals surface area contributed by atoms with Crippen molar-refractivity contribution in [2.24, 2.45) is 5.73 Å². The average molecular weight is 610 g/mol. The molecule has 4 N–H and O–H groups in total. The van der Waals surface area contributed by atoms with E-state index in [0.717, 1.165) is 16.9 Å². The van der Waals surface area contributed by atoms with Crippen molar-refractivity contribution in [2.75, 3.05) is 25.1 Å².